The van der Waals surface area contributed by atoms with Gasteiger partial charge in [-0.25, -0.2) is 0 Å². The molecule has 2 aromatic rings. The maximum Gasteiger partial charge on any atom is 0.225 e. The van der Waals surface area contributed by atoms with Crippen LogP contribution in [-0.4, -0.2) is 36.3 Å². The highest BCUT2D eigenvalue weighted by molar-refractivity contribution is 7.13. The summed E-state index contributed by atoms with van der Waals surface area (Å²) >= 11 is 1.72. The summed E-state index contributed by atoms with van der Waals surface area (Å²) in [4.78, 5) is 28.9. The van der Waals surface area contributed by atoms with E-state index in [9.17, 15) is 9.59 Å². The molecule has 1 aromatic carbocycles. The molecule has 5 heteroatoms. The van der Waals surface area contributed by atoms with Crippen molar-refractivity contribution in [3.8, 4) is 10.4 Å². The molecule has 2 heterocycles. The van der Waals surface area contributed by atoms with Crippen molar-refractivity contribution < 1.29 is 9.59 Å². The first kappa shape index (κ1) is 19.2. The van der Waals surface area contributed by atoms with Crippen LogP contribution in [0.1, 0.15) is 37.7 Å². The summed E-state index contributed by atoms with van der Waals surface area (Å²) in [5, 5.41) is 5.11. The molecule has 28 heavy (non-hydrogen) atoms. The first-order chi connectivity index (χ1) is 13.7. The van der Waals surface area contributed by atoms with Gasteiger partial charge >= 0.3 is 0 Å². The van der Waals surface area contributed by atoms with Crippen molar-refractivity contribution in [2.75, 3.05) is 19.6 Å². The molecule has 1 aliphatic carbocycles. The largest absolute Gasteiger partial charge is 0.354 e. The van der Waals surface area contributed by atoms with Crippen molar-refractivity contribution in [1.82, 2.24) is 10.2 Å². The quantitative estimate of drug-likeness (QED) is 0.845. The maximum atomic E-state index is 13.1. The monoisotopic (exact) mass is 396 g/mol. The molecule has 1 N–H and O–H groups in total. The zero-order chi connectivity index (χ0) is 19.3. The molecule has 1 aromatic heterocycles. The Morgan fingerprint density at radius 1 is 1.11 bits per heavy atom. The second-order valence-corrected chi connectivity index (χ2v) is 8.89. The van der Waals surface area contributed by atoms with Gasteiger partial charge in [-0.05, 0) is 41.8 Å². The third-order valence-corrected chi connectivity index (χ3v) is 6.93. The minimum absolute atomic E-state index is 0.0694. The Morgan fingerprint density at radius 2 is 1.93 bits per heavy atom. The van der Waals surface area contributed by atoms with E-state index in [1.807, 2.05) is 17.0 Å². The van der Waals surface area contributed by atoms with E-state index >= 15 is 0 Å². The van der Waals surface area contributed by atoms with E-state index in [4.69, 9.17) is 0 Å². The Hall–Kier alpha value is -2.14. The van der Waals surface area contributed by atoms with E-state index in [0.29, 0.717) is 26.1 Å². The average molecular weight is 397 g/mol. The summed E-state index contributed by atoms with van der Waals surface area (Å²) in [5.41, 5.74) is 2.37. The predicted octanol–water partition coefficient (Wildman–Crippen LogP) is 4.11. The minimum Gasteiger partial charge on any atom is -0.354 e. The number of amides is 2. The summed E-state index contributed by atoms with van der Waals surface area (Å²) in [7, 11) is 0. The number of carbonyl (C=O) groups is 2. The van der Waals surface area contributed by atoms with Crippen LogP contribution in [0.4, 0.5) is 0 Å². The van der Waals surface area contributed by atoms with E-state index in [-0.39, 0.29) is 23.7 Å². The van der Waals surface area contributed by atoms with Crippen molar-refractivity contribution in [1.29, 1.82) is 0 Å². The van der Waals surface area contributed by atoms with Crippen molar-refractivity contribution in [2.45, 2.75) is 38.5 Å². The molecule has 2 aliphatic rings. The van der Waals surface area contributed by atoms with Crippen LogP contribution in [0.25, 0.3) is 10.4 Å². The molecule has 0 bridgehead atoms. The Morgan fingerprint density at radius 3 is 2.71 bits per heavy atom. The number of rotatable bonds is 4. The van der Waals surface area contributed by atoms with Gasteiger partial charge in [0, 0.05) is 30.4 Å². The molecule has 0 unspecified atom stereocenters. The number of nitrogens with zero attached hydrogens (tertiary/aromatic N) is 1. The van der Waals surface area contributed by atoms with E-state index in [2.05, 4.69) is 35.0 Å². The highest BCUT2D eigenvalue weighted by Crippen LogP contribution is 2.30. The molecule has 2 amide bonds. The van der Waals surface area contributed by atoms with Crippen LogP contribution in [0.15, 0.2) is 41.8 Å². The summed E-state index contributed by atoms with van der Waals surface area (Å²) < 4.78 is 0. The Bertz CT molecular complexity index is 812. The second-order valence-electron chi connectivity index (χ2n) is 7.95. The summed E-state index contributed by atoms with van der Waals surface area (Å²) in [6.07, 6.45) is 6.21. The van der Waals surface area contributed by atoms with E-state index in [0.717, 1.165) is 25.7 Å². The molecule has 4 rings (SSSR count). The van der Waals surface area contributed by atoms with E-state index in [1.165, 1.54) is 22.4 Å². The molecule has 2 fully saturated rings. The zero-order valence-corrected chi connectivity index (χ0v) is 17.0. The molecule has 1 saturated carbocycles. The predicted molar refractivity (Wildman–Crippen MR) is 113 cm³/mol. The van der Waals surface area contributed by atoms with Crippen LogP contribution in [0.5, 0.6) is 0 Å². The molecular formula is C23H28N2O2S. The Kier molecular flexibility index (Phi) is 6.10. The number of benzene rings is 1. The fourth-order valence-electron chi connectivity index (χ4n) is 4.50. The van der Waals surface area contributed by atoms with Gasteiger partial charge in [-0.1, -0.05) is 49.6 Å². The van der Waals surface area contributed by atoms with Crippen LogP contribution in [0, 0.1) is 11.8 Å². The third-order valence-electron chi connectivity index (χ3n) is 6.03. The fraction of sp³-hybridized carbons (Fsp3) is 0.478. The van der Waals surface area contributed by atoms with Gasteiger partial charge in [0.2, 0.25) is 11.8 Å². The van der Waals surface area contributed by atoms with Gasteiger partial charge < -0.3 is 10.2 Å². The van der Waals surface area contributed by atoms with Gasteiger partial charge in [0.15, 0.2) is 0 Å². The Balaban J connectivity index is 1.52. The fourth-order valence-corrected chi connectivity index (χ4v) is 5.29. The molecule has 148 valence electrons. The standard InChI is InChI=1S/C23H28N2O2S/c26-22-19(15-18-9-4-5-10-20(18)21-11-6-14-28-21)16-25(13-12-24-22)23(27)17-7-2-1-3-8-17/h4-6,9-11,14,17,19H,1-3,7-8,12-13,15-16H2,(H,24,26)/t19-/m0/s1. The van der Waals surface area contributed by atoms with Crippen LogP contribution >= 0.6 is 11.3 Å². The molecule has 4 nitrogen and oxygen atoms in total. The highest BCUT2D eigenvalue weighted by atomic mass is 32.1. The maximum absolute atomic E-state index is 13.1. The Labute approximate surface area is 170 Å². The number of thiophene rings is 1. The van der Waals surface area contributed by atoms with Gasteiger partial charge in [0.1, 0.15) is 0 Å². The molecule has 1 atom stereocenters. The van der Waals surface area contributed by atoms with Crippen molar-refractivity contribution >= 4 is 23.2 Å². The van der Waals surface area contributed by atoms with Crippen LogP contribution < -0.4 is 5.32 Å². The lowest BCUT2D eigenvalue weighted by Crippen LogP contribution is -2.41. The number of hydrogen-bond donors (Lipinski definition) is 1. The van der Waals surface area contributed by atoms with Gasteiger partial charge in [-0.3, -0.25) is 9.59 Å². The molecule has 0 spiro atoms. The van der Waals surface area contributed by atoms with E-state index in [1.54, 1.807) is 11.3 Å². The van der Waals surface area contributed by atoms with Crippen LogP contribution in [0.2, 0.25) is 0 Å². The average Bonchev–Trinajstić information content (AvgIpc) is 3.21. The minimum atomic E-state index is -0.198. The van der Waals surface area contributed by atoms with Gasteiger partial charge in [0.05, 0.1) is 5.92 Å². The van der Waals surface area contributed by atoms with E-state index < -0.39 is 0 Å². The lowest BCUT2D eigenvalue weighted by molar-refractivity contribution is -0.137. The smallest absolute Gasteiger partial charge is 0.225 e. The molecule has 1 saturated heterocycles. The summed E-state index contributed by atoms with van der Waals surface area (Å²) in [6.45, 7) is 1.71. The first-order valence-corrected chi connectivity index (χ1v) is 11.3. The lowest BCUT2D eigenvalue weighted by atomic mass is 9.87. The molecular weight excluding hydrogens is 368 g/mol. The van der Waals surface area contributed by atoms with Crippen molar-refractivity contribution in [3.05, 3.63) is 47.3 Å². The molecule has 1 aliphatic heterocycles. The lowest BCUT2D eigenvalue weighted by Gasteiger charge is -2.29. The van der Waals surface area contributed by atoms with Crippen molar-refractivity contribution in [2.24, 2.45) is 11.8 Å². The van der Waals surface area contributed by atoms with Gasteiger partial charge in [-0.15, -0.1) is 11.3 Å². The second kappa shape index (κ2) is 8.91. The SMILES string of the molecule is O=C1NCCN(C(=O)C2CCCCC2)C[C@@H]1Cc1ccccc1-c1cccs1. The van der Waals surface area contributed by atoms with Crippen LogP contribution in [-0.2, 0) is 16.0 Å². The normalized spacial score (nSPS) is 21.2. The van der Waals surface area contributed by atoms with Crippen LogP contribution in [0.3, 0.4) is 0 Å². The highest BCUT2D eigenvalue weighted by Gasteiger charge is 2.32. The van der Waals surface area contributed by atoms with Crippen molar-refractivity contribution in [3.63, 3.8) is 0 Å². The topological polar surface area (TPSA) is 49.4 Å². The zero-order valence-electron chi connectivity index (χ0n) is 16.2. The first-order valence-electron chi connectivity index (χ1n) is 10.4. The summed E-state index contributed by atoms with van der Waals surface area (Å²) in [6, 6.07) is 12.5. The van der Waals surface area contributed by atoms with Gasteiger partial charge in [0.25, 0.3) is 0 Å². The number of nitrogens with one attached hydrogen (secondary N) is 1. The third kappa shape index (κ3) is 4.30. The molecule has 0 radical (unpaired) electrons. The number of hydrogen-bond acceptors (Lipinski definition) is 3. The number of carbonyl (C=O) groups excluding carboxylic acids is 2. The summed E-state index contributed by atoms with van der Waals surface area (Å²) in [5.74, 6) is 0.282. The van der Waals surface area contributed by atoms with Gasteiger partial charge in [-0.2, -0.15) is 0 Å².